The largest absolute Gasteiger partial charge is 0.507 e. The van der Waals surface area contributed by atoms with Crippen LogP contribution in [0.1, 0.15) is 68.8 Å². The molecule has 0 amide bonds. The number of fused-ring (bicyclic) bond motifs is 3. The number of phenols is 2. The van der Waals surface area contributed by atoms with Crippen molar-refractivity contribution in [1.82, 2.24) is 4.90 Å². The van der Waals surface area contributed by atoms with E-state index < -0.39 is 83.5 Å². The molecule has 7 atom stereocenters. The van der Waals surface area contributed by atoms with Crippen molar-refractivity contribution in [3.05, 3.63) is 51.6 Å². The highest BCUT2D eigenvalue weighted by Gasteiger charge is 2.50. The zero-order chi connectivity index (χ0) is 31.5. The van der Waals surface area contributed by atoms with E-state index in [1.807, 2.05) is 0 Å². The Morgan fingerprint density at radius 3 is 2.44 bits per heavy atom. The van der Waals surface area contributed by atoms with E-state index in [2.05, 4.69) is 4.90 Å². The van der Waals surface area contributed by atoms with E-state index in [-0.39, 0.29) is 59.3 Å². The maximum atomic E-state index is 13.8. The minimum Gasteiger partial charge on any atom is -0.507 e. The van der Waals surface area contributed by atoms with Gasteiger partial charge in [-0.15, -0.1) is 12.4 Å². The molecule has 2 heterocycles. The third-order valence-corrected chi connectivity index (χ3v) is 9.40. The first-order valence-corrected chi connectivity index (χ1v) is 14.7. The molecule has 4 aliphatic rings. The highest BCUT2D eigenvalue weighted by molar-refractivity contribution is 6.31. The second-order valence-electron chi connectivity index (χ2n) is 11.9. The van der Waals surface area contributed by atoms with Crippen molar-refractivity contribution in [1.29, 1.82) is 0 Å². The molecule has 0 saturated carbocycles. The quantitative estimate of drug-likeness (QED) is 0.203. The van der Waals surface area contributed by atoms with Crippen molar-refractivity contribution < 1.29 is 59.2 Å². The number of aliphatic hydroxyl groups excluding tert-OH is 3. The number of rotatable bonds is 6. The van der Waals surface area contributed by atoms with E-state index in [0.29, 0.717) is 26.3 Å². The van der Waals surface area contributed by atoms with Gasteiger partial charge in [-0.3, -0.25) is 14.5 Å². The zero-order valence-electron chi connectivity index (χ0n) is 24.8. The topological polar surface area (TPSA) is 196 Å². The number of methoxy groups -OCH3 is 1. The van der Waals surface area contributed by atoms with Crippen LogP contribution < -0.4 is 4.74 Å². The molecule has 2 aliphatic carbocycles. The van der Waals surface area contributed by atoms with E-state index in [9.17, 15) is 40.2 Å². The van der Waals surface area contributed by atoms with Crippen LogP contribution in [-0.2, 0) is 20.6 Å². The van der Waals surface area contributed by atoms with Crippen LogP contribution in [0.3, 0.4) is 0 Å². The van der Waals surface area contributed by atoms with E-state index >= 15 is 0 Å². The summed E-state index contributed by atoms with van der Waals surface area (Å²) in [4.78, 5) is 29.6. The monoisotopic (exact) mass is 651 g/mol. The van der Waals surface area contributed by atoms with Gasteiger partial charge in [0.05, 0.1) is 67.5 Å². The van der Waals surface area contributed by atoms with Gasteiger partial charge in [0.25, 0.3) is 0 Å². The first-order chi connectivity index (χ1) is 21.0. The Balaban J connectivity index is 0.00000400. The maximum Gasteiger partial charge on any atom is 0.202 e. The van der Waals surface area contributed by atoms with Gasteiger partial charge >= 0.3 is 0 Å². The molecular weight excluding hydrogens is 614 g/mol. The molecule has 2 fully saturated rings. The Labute approximate surface area is 265 Å². The van der Waals surface area contributed by atoms with Crippen LogP contribution in [0.5, 0.6) is 17.2 Å². The Morgan fingerprint density at radius 2 is 1.78 bits per heavy atom. The zero-order valence-corrected chi connectivity index (χ0v) is 25.7. The van der Waals surface area contributed by atoms with Gasteiger partial charge in [-0.1, -0.05) is 12.1 Å². The van der Waals surface area contributed by atoms with Gasteiger partial charge in [0.2, 0.25) is 5.78 Å². The molecule has 2 aromatic carbocycles. The molecule has 2 aromatic rings. The van der Waals surface area contributed by atoms with Gasteiger partial charge in [-0.05, 0) is 13.0 Å². The summed E-state index contributed by atoms with van der Waals surface area (Å²) in [5.41, 5.74) is -3.14. The highest BCUT2D eigenvalue weighted by Crippen LogP contribution is 2.53. The van der Waals surface area contributed by atoms with E-state index in [0.717, 1.165) is 0 Å². The number of morpholine rings is 1. The molecule has 45 heavy (non-hydrogen) atoms. The second-order valence-corrected chi connectivity index (χ2v) is 11.9. The van der Waals surface area contributed by atoms with Gasteiger partial charge in [-0.2, -0.15) is 0 Å². The third-order valence-electron chi connectivity index (χ3n) is 9.40. The van der Waals surface area contributed by atoms with Crippen molar-refractivity contribution >= 4 is 24.0 Å². The van der Waals surface area contributed by atoms with Crippen LogP contribution in [-0.4, -0.2) is 123 Å². The van der Waals surface area contributed by atoms with Crippen molar-refractivity contribution in [3.8, 4) is 17.2 Å². The average molecular weight is 652 g/mol. The van der Waals surface area contributed by atoms with Crippen LogP contribution in [0, 0.1) is 0 Å². The van der Waals surface area contributed by atoms with Crippen molar-refractivity contribution in [2.45, 2.75) is 68.5 Å². The second kappa shape index (κ2) is 12.7. The fourth-order valence-electron chi connectivity index (χ4n) is 7.06. The average Bonchev–Trinajstić information content (AvgIpc) is 3.02. The fraction of sp³-hybridized carbons (Fsp3) is 0.548. The summed E-state index contributed by atoms with van der Waals surface area (Å²) in [6.07, 6.45) is -5.99. The van der Waals surface area contributed by atoms with Gasteiger partial charge < -0.3 is 49.6 Å². The number of ketones is 2. The Morgan fingerprint density at radius 1 is 1.09 bits per heavy atom. The van der Waals surface area contributed by atoms with Gasteiger partial charge in [0, 0.05) is 55.1 Å². The number of aromatic hydroxyl groups is 2. The molecule has 2 saturated heterocycles. The van der Waals surface area contributed by atoms with E-state index in [1.165, 1.54) is 25.3 Å². The smallest absolute Gasteiger partial charge is 0.202 e. The first-order valence-electron chi connectivity index (χ1n) is 14.7. The summed E-state index contributed by atoms with van der Waals surface area (Å²) in [6, 6.07) is 4.09. The summed E-state index contributed by atoms with van der Waals surface area (Å²) in [5, 5.41) is 66.1. The summed E-state index contributed by atoms with van der Waals surface area (Å²) in [7, 11) is 1.34. The maximum absolute atomic E-state index is 13.8. The molecule has 6 N–H and O–H groups in total. The van der Waals surface area contributed by atoms with E-state index in [4.69, 9.17) is 18.9 Å². The number of benzene rings is 2. The van der Waals surface area contributed by atoms with Crippen molar-refractivity contribution in [2.24, 2.45) is 0 Å². The lowest BCUT2D eigenvalue weighted by atomic mass is 9.71. The van der Waals surface area contributed by atoms with Crippen molar-refractivity contribution in [2.75, 3.05) is 40.0 Å². The predicted octanol–water partition coefficient (Wildman–Crippen LogP) is 0.588. The van der Waals surface area contributed by atoms with Crippen LogP contribution >= 0.6 is 12.4 Å². The molecule has 14 heteroatoms. The number of phenolic OH excluding ortho intramolecular Hbond substituents is 2. The van der Waals surface area contributed by atoms with Crippen LogP contribution in [0.15, 0.2) is 18.2 Å². The van der Waals surface area contributed by atoms with Crippen molar-refractivity contribution in [3.63, 3.8) is 0 Å². The lowest BCUT2D eigenvalue weighted by molar-refractivity contribution is -0.263. The molecule has 246 valence electrons. The molecular formula is C31H38ClNO12. The predicted molar refractivity (Wildman–Crippen MR) is 158 cm³/mol. The number of ether oxygens (including phenoxy) is 4. The summed E-state index contributed by atoms with van der Waals surface area (Å²) in [6.45, 7) is 3.08. The SMILES string of the molecule is COc1cccc2c1C(=O)c1c(O)c3c(c(O)c1C2=O)C[C@@](O)(C(O)CO)CC3OC1CC(N2CCOCC2)C(O)C(C)O1.Cl. The highest BCUT2D eigenvalue weighted by atomic mass is 35.5. The number of aliphatic hydroxyl groups is 4. The van der Waals surface area contributed by atoms with Crippen LogP contribution in [0.4, 0.5) is 0 Å². The molecule has 6 rings (SSSR count). The molecule has 13 nitrogen and oxygen atoms in total. The third kappa shape index (κ3) is 5.49. The fourth-order valence-corrected chi connectivity index (χ4v) is 7.06. The van der Waals surface area contributed by atoms with E-state index in [1.54, 1.807) is 6.92 Å². The Hall–Kier alpha value is -2.85. The number of halogens is 1. The molecule has 6 unspecified atom stereocenters. The summed E-state index contributed by atoms with van der Waals surface area (Å²) < 4.78 is 23.1. The number of carbonyl (C=O) groups excluding carboxylic acids is 2. The normalized spacial score (nSPS) is 30.5. The Bertz CT molecular complexity index is 1480. The van der Waals surface area contributed by atoms with Gasteiger partial charge in [0.15, 0.2) is 12.1 Å². The van der Waals surface area contributed by atoms with Crippen LogP contribution in [0.2, 0.25) is 0 Å². The molecule has 2 aliphatic heterocycles. The summed E-state index contributed by atoms with van der Waals surface area (Å²) in [5.74, 6) is -2.60. The lowest BCUT2D eigenvalue weighted by Gasteiger charge is -2.46. The first kappa shape index (κ1) is 33.5. The molecule has 0 spiro atoms. The standard InChI is InChI=1S/C31H37NO12.ClH/c1-14-26(35)17(32-6-8-42-9-7-32)10-21(43-14)44-19-12-31(40,20(34)13-33)11-16-23(19)30(39)25-24(28(16)37)27(36)15-4-3-5-18(41-2)22(15)29(25)38;/h3-5,14,17,19-21,26,33-35,37,39-40H,6-13H2,1-2H3;1H/t14?,17?,19?,20?,21?,26?,31-;/m0./s1. The molecule has 0 radical (unpaired) electrons. The Kier molecular flexibility index (Phi) is 9.49. The summed E-state index contributed by atoms with van der Waals surface area (Å²) >= 11 is 0. The van der Waals surface area contributed by atoms with Gasteiger partial charge in [-0.25, -0.2) is 0 Å². The lowest BCUT2D eigenvalue weighted by Crippen LogP contribution is -2.58. The van der Waals surface area contributed by atoms with Gasteiger partial charge in [0.1, 0.15) is 23.4 Å². The molecule has 0 aromatic heterocycles. The minimum absolute atomic E-state index is 0. The number of hydrogen-bond donors (Lipinski definition) is 6. The number of carbonyl (C=O) groups is 2. The number of hydrogen-bond acceptors (Lipinski definition) is 13. The minimum atomic E-state index is -2.04. The van der Waals surface area contributed by atoms with Crippen LogP contribution in [0.25, 0.3) is 0 Å². The number of nitrogens with zero attached hydrogens (tertiary/aromatic N) is 1. The molecule has 0 bridgehead atoms.